The lowest BCUT2D eigenvalue weighted by Gasteiger charge is -2.16. The fourth-order valence-corrected chi connectivity index (χ4v) is 4.23. The fourth-order valence-electron chi connectivity index (χ4n) is 2.54. The number of aromatic nitrogens is 2. The third-order valence-corrected chi connectivity index (χ3v) is 5.46. The van der Waals surface area contributed by atoms with Crippen molar-refractivity contribution in [1.29, 1.82) is 0 Å². The molecule has 114 valence electrons. The highest BCUT2D eigenvalue weighted by atomic mass is 32.2. The van der Waals surface area contributed by atoms with Gasteiger partial charge in [0.1, 0.15) is 0 Å². The van der Waals surface area contributed by atoms with Gasteiger partial charge in [-0.3, -0.25) is 5.10 Å². The molecule has 0 bridgehead atoms. The molecule has 2 N–H and O–H groups in total. The first kappa shape index (κ1) is 15.4. The summed E-state index contributed by atoms with van der Waals surface area (Å²) in [5.41, 5.74) is 1.49. The molecule has 1 aromatic heterocycles. The Hall–Kier alpha value is -0.960. The average molecular weight is 302 g/mol. The van der Waals surface area contributed by atoms with Gasteiger partial charge >= 0.3 is 0 Å². The highest BCUT2D eigenvalue weighted by molar-refractivity contribution is 7.89. The van der Waals surface area contributed by atoms with Crippen molar-refractivity contribution in [2.75, 3.05) is 33.9 Å². The molecule has 0 saturated carbocycles. The first-order valence-electron chi connectivity index (χ1n) is 6.68. The van der Waals surface area contributed by atoms with Crippen molar-refractivity contribution in [1.82, 2.24) is 19.8 Å². The van der Waals surface area contributed by atoms with Crippen LogP contribution in [-0.4, -0.2) is 56.8 Å². The van der Waals surface area contributed by atoms with Gasteiger partial charge in [0.2, 0.25) is 0 Å². The zero-order valence-electron chi connectivity index (χ0n) is 12.1. The summed E-state index contributed by atoms with van der Waals surface area (Å²) in [5, 5.41) is 9.88. The van der Waals surface area contributed by atoms with Crippen molar-refractivity contribution in [2.24, 2.45) is 5.92 Å². The zero-order chi connectivity index (χ0) is 14.8. The first-order valence-corrected chi connectivity index (χ1v) is 8.12. The van der Waals surface area contributed by atoms with E-state index in [1.54, 1.807) is 14.2 Å². The predicted molar refractivity (Wildman–Crippen MR) is 74.8 cm³/mol. The van der Waals surface area contributed by atoms with E-state index in [1.165, 1.54) is 4.31 Å². The minimum absolute atomic E-state index is 0.141. The molecule has 0 radical (unpaired) electrons. The van der Waals surface area contributed by atoms with Crippen LogP contribution in [0, 0.1) is 12.8 Å². The molecule has 1 unspecified atom stereocenters. The van der Waals surface area contributed by atoms with Gasteiger partial charge in [0, 0.05) is 38.0 Å². The van der Waals surface area contributed by atoms with E-state index in [-0.39, 0.29) is 10.9 Å². The second kappa shape index (κ2) is 6.21. The molecule has 1 fully saturated rings. The van der Waals surface area contributed by atoms with Gasteiger partial charge in [0.15, 0.2) is 5.03 Å². The van der Waals surface area contributed by atoms with Gasteiger partial charge < -0.3 is 10.1 Å². The summed E-state index contributed by atoms with van der Waals surface area (Å²) in [5.74, 6) is 0.266. The molecular formula is C12H22N4O3S. The van der Waals surface area contributed by atoms with Gasteiger partial charge in [-0.2, -0.15) is 9.40 Å². The highest BCUT2D eigenvalue weighted by Crippen LogP contribution is 2.26. The van der Waals surface area contributed by atoms with E-state index in [1.807, 2.05) is 6.92 Å². The normalized spacial score (nSPS) is 20.6. The average Bonchev–Trinajstić information content (AvgIpc) is 2.99. The largest absolute Gasteiger partial charge is 0.384 e. The minimum atomic E-state index is -3.53. The summed E-state index contributed by atoms with van der Waals surface area (Å²) in [6.07, 6.45) is 0.831. The molecule has 0 spiro atoms. The first-order chi connectivity index (χ1) is 9.50. The van der Waals surface area contributed by atoms with E-state index < -0.39 is 10.0 Å². The molecule has 1 aliphatic rings. The van der Waals surface area contributed by atoms with E-state index in [2.05, 4.69) is 15.5 Å². The molecule has 1 aromatic rings. The van der Waals surface area contributed by atoms with Gasteiger partial charge in [-0.25, -0.2) is 8.42 Å². The van der Waals surface area contributed by atoms with Crippen LogP contribution >= 0.6 is 0 Å². The van der Waals surface area contributed by atoms with Crippen LogP contribution in [0.4, 0.5) is 0 Å². The molecule has 0 aromatic carbocycles. The lowest BCUT2D eigenvalue weighted by Crippen LogP contribution is -2.30. The number of aromatic amines is 1. The van der Waals surface area contributed by atoms with Crippen LogP contribution in [0.1, 0.15) is 17.7 Å². The Morgan fingerprint density at radius 3 is 2.95 bits per heavy atom. The number of nitrogens with zero attached hydrogens (tertiary/aromatic N) is 2. The summed E-state index contributed by atoms with van der Waals surface area (Å²) < 4.78 is 31.9. The number of hydrogen-bond acceptors (Lipinski definition) is 5. The molecule has 2 heterocycles. The number of aryl methyl sites for hydroxylation is 1. The van der Waals surface area contributed by atoms with Gasteiger partial charge in [-0.05, 0) is 26.3 Å². The Kier molecular flexibility index (Phi) is 4.79. The van der Waals surface area contributed by atoms with Gasteiger partial charge in [-0.15, -0.1) is 0 Å². The van der Waals surface area contributed by atoms with E-state index >= 15 is 0 Å². The van der Waals surface area contributed by atoms with E-state index in [9.17, 15) is 8.42 Å². The van der Waals surface area contributed by atoms with Crippen molar-refractivity contribution in [2.45, 2.75) is 24.9 Å². The molecule has 7 nitrogen and oxygen atoms in total. The smallest absolute Gasteiger partial charge is 0.262 e. The molecule has 1 aliphatic heterocycles. The van der Waals surface area contributed by atoms with E-state index in [4.69, 9.17) is 4.74 Å². The van der Waals surface area contributed by atoms with Gasteiger partial charge in [0.25, 0.3) is 10.0 Å². The number of hydrogen-bond donors (Lipinski definition) is 2. The number of H-pyrrole nitrogens is 1. The van der Waals surface area contributed by atoms with Crippen LogP contribution in [0.2, 0.25) is 0 Å². The maximum atomic E-state index is 12.7. The molecule has 0 aliphatic carbocycles. The monoisotopic (exact) mass is 302 g/mol. The van der Waals surface area contributed by atoms with Crippen LogP contribution < -0.4 is 5.32 Å². The lowest BCUT2D eigenvalue weighted by atomic mass is 10.1. The highest BCUT2D eigenvalue weighted by Gasteiger charge is 2.35. The molecule has 0 amide bonds. The number of sulfonamides is 1. The van der Waals surface area contributed by atoms with E-state index in [0.717, 1.165) is 12.1 Å². The molecule has 8 heteroatoms. The lowest BCUT2D eigenvalue weighted by molar-refractivity contribution is 0.157. The Labute approximate surface area is 119 Å². The minimum Gasteiger partial charge on any atom is -0.384 e. The van der Waals surface area contributed by atoms with Crippen LogP contribution in [0.15, 0.2) is 5.03 Å². The number of methoxy groups -OCH3 is 1. The maximum absolute atomic E-state index is 12.7. The third kappa shape index (κ3) is 2.88. The van der Waals surface area contributed by atoms with Crippen LogP contribution in [0.3, 0.4) is 0 Å². The second-order valence-corrected chi connectivity index (χ2v) is 6.99. The SMILES string of the molecule is CNCc1c(S(=O)(=O)N2CCC(COC)C2)n[nH]c1C. The van der Waals surface area contributed by atoms with Crippen molar-refractivity contribution >= 4 is 10.0 Å². The van der Waals surface area contributed by atoms with Crippen molar-refractivity contribution in [3.63, 3.8) is 0 Å². The quantitative estimate of drug-likeness (QED) is 0.778. The molecular weight excluding hydrogens is 280 g/mol. The molecule has 1 saturated heterocycles. The van der Waals surface area contributed by atoms with Crippen LogP contribution in [0.5, 0.6) is 0 Å². The van der Waals surface area contributed by atoms with Crippen LogP contribution in [-0.2, 0) is 21.3 Å². The van der Waals surface area contributed by atoms with E-state index in [0.29, 0.717) is 31.8 Å². The van der Waals surface area contributed by atoms with Crippen LogP contribution in [0.25, 0.3) is 0 Å². The summed E-state index contributed by atoms with van der Waals surface area (Å²) in [4.78, 5) is 0. The third-order valence-electron chi connectivity index (χ3n) is 3.62. The van der Waals surface area contributed by atoms with Crippen molar-refractivity contribution in [3.05, 3.63) is 11.3 Å². The summed E-state index contributed by atoms with van der Waals surface area (Å²) in [7, 11) is -0.103. The van der Waals surface area contributed by atoms with Crippen molar-refractivity contribution in [3.8, 4) is 0 Å². The summed E-state index contributed by atoms with van der Waals surface area (Å²) in [6.45, 7) is 3.93. The topological polar surface area (TPSA) is 87.3 Å². The summed E-state index contributed by atoms with van der Waals surface area (Å²) in [6, 6.07) is 0. The second-order valence-electron chi connectivity index (χ2n) is 5.14. The molecule has 1 atom stereocenters. The van der Waals surface area contributed by atoms with Gasteiger partial charge in [0.05, 0.1) is 6.61 Å². The molecule has 2 rings (SSSR count). The zero-order valence-corrected chi connectivity index (χ0v) is 13.0. The van der Waals surface area contributed by atoms with Gasteiger partial charge in [-0.1, -0.05) is 0 Å². The summed E-state index contributed by atoms with van der Waals surface area (Å²) >= 11 is 0. The molecule has 20 heavy (non-hydrogen) atoms. The fraction of sp³-hybridized carbons (Fsp3) is 0.750. The van der Waals surface area contributed by atoms with Crippen molar-refractivity contribution < 1.29 is 13.2 Å². The number of nitrogens with one attached hydrogen (secondary N) is 2. The number of ether oxygens (including phenoxy) is 1. The Morgan fingerprint density at radius 1 is 1.55 bits per heavy atom. The standard InChI is InChI=1S/C12H22N4O3S/c1-9-11(6-13-2)12(15-14-9)20(17,18)16-5-4-10(7-16)8-19-3/h10,13H,4-8H2,1-3H3,(H,14,15). The Balaban J connectivity index is 2.23. The number of rotatable bonds is 6. The predicted octanol–water partition coefficient (Wildman–Crippen LogP) is 0.0945. The Bertz CT molecular complexity index is 555. The Morgan fingerprint density at radius 2 is 2.30 bits per heavy atom. The maximum Gasteiger partial charge on any atom is 0.262 e.